The third-order valence-corrected chi connectivity index (χ3v) is 9.08. The summed E-state index contributed by atoms with van der Waals surface area (Å²) in [6, 6.07) is 27.4. The summed E-state index contributed by atoms with van der Waals surface area (Å²) in [5.74, 6) is 2.65. The molecule has 0 radical (unpaired) electrons. The molecule has 9 aromatic rings. The molecular formula is C46H30BN5OPt-2. The minimum Gasteiger partial charge on any atom is -0.654 e. The number of hydrogen-bond acceptors (Lipinski definition) is 2. The third-order valence-electron chi connectivity index (χ3n) is 9.08. The first kappa shape index (κ1) is 24.0. The zero-order chi connectivity index (χ0) is 43.8. The summed E-state index contributed by atoms with van der Waals surface area (Å²) in [6.07, 6.45) is 8.78. The number of para-hydroxylation sites is 4. The van der Waals surface area contributed by atoms with E-state index in [0.29, 0.717) is 28.4 Å². The van der Waals surface area contributed by atoms with E-state index in [1.54, 1.807) is 69.9 Å². The van der Waals surface area contributed by atoms with Gasteiger partial charge in [0.2, 0.25) is 0 Å². The Morgan fingerprint density at radius 1 is 0.722 bits per heavy atom. The van der Waals surface area contributed by atoms with Gasteiger partial charge >= 0.3 is 0 Å². The molecule has 1 aliphatic rings. The second kappa shape index (κ2) is 14.2. The van der Waals surface area contributed by atoms with E-state index in [-0.39, 0.29) is 49.0 Å². The number of benzene rings is 6. The van der Waals surface area contributed by atoms with E-state index in [4.69, 9.17) is 23.7 Å². The smallest absolute Gasteiger partial charge is 0.268 e. The Bertz CT molecular complexity index is 3260. The van der Waals surface area contributed by atoms with Crippen molar-refractivity contribution in [2.24, 2.45) is 0 Å². The van der Waals surface area contributed by atoms with Crippen LogP contribution in [0, 0.1) is 12.4 Å². The normalized spacial score (nSPS) is 15.0. The van der Waals surface area contributed by atoms with E-state index < -0.39 is 67.4 Å². The summed E-state index contributed by atoms with van der Waals surface area (Å²) in [4.78, 5) is 4.69. The van der Waals surface area contributed by atoms with Crippen LogP contribution in [0.25, 0.3) is 71.8 Å². The molecule has 0 fully saturated rings. The average molecular weight is 885 g/mol. The van der Waals surface area contributed by atoms with Gasteiger partial charge in [0.05, 0.1) is 30.4 Å². The number of ether oxygens (including phenoxy) is 1. The van der Waals surface area contributed by atoms with Crippen molar-refractivity contribution in [1.29, 1.82) is 0 Å². The molecule has 0 spiro atoms. The van der Waals surface area contributed by atoms with Gasteiger partial charge in [0.1, 0.15) is 5.65 Å². The molecule has 8 heteroatoms. The molecule has 0 amide bonds. The molecular weight excluding hydrogens is 844 g/mol. The van der Waals surface area contributed by atoms with Crippen LogP contribution in [0.3, 0.4) is 0 Å². The van der Waals surface area contributed by atoms with Crippen molar-refractivity contribution in [1.82, 2.24) is 14.0 Å². The quantitative estimate of drug-likeness (QED) is 0.0910. The maximum absolute atomic E-state index is 8.95. The number of fused-ring (bicyclic) bond motifs is 4. The van der Waals surface area contributed by atoms with E-state index in [2.05, 4.69) is 27.9 Å². The van der Waals surface area contributed by atoms with Gasteiger partial charge in [-0.15, -0.1) is 18.1 Å². The summed E-state index contributed by atoms with van der Waals surface area (Å²) in [5, 5.41) is 7.03. The van der Waals surface area contributed by atoms with Crippen LogP contribution in [0.2, 0.25) is 0 Å². The molecule has 0 bridgehead atoms. The standard InChI is InChI=1S/C46H30BN5O.Pt/c1-3-15-33(16-4-1)37-22-12-23-38(34-17-5-2-6-18-34)45(37)51-32-50(42-26-9-10-27-43(42)51)35-19-11-20-36(31-35)53-44-28-13-29-47(49-44)52-41-25-8-7-21-39(41)40-24-14-30-48-46(40)52;/h1-30H;/q-2;/i1D,2D,3D,4D,5D,6D,15D,16D,17D,18D;. The zero-order valence-corrected chi connectivity index (χ0v) is 30.4. The van der Waals surface area contributed by atoms with Crippen molar-refractivity contribution in [3.8, 4) is 39.4 Å². The summed E-state index contributed by atoms with van der Waals surface area (Å²) >= 11 is 0. The van der Waals surface area contributed by atoms with Crippen molar-refractivity contribution < 1.29 is 44.1 Å². The van der Waals surface area contributed by atoms with Crippen molar-refractivity contribution in [2.45, 2.75) is 0 Å². The number of nitrogens with zero attached hydrogens (tertiary/aromatic N) is 5. The fourth-order valence-corrected chi connectivity index (χ4v) is 6.85. The van der Waals surface area contributed by atoms with Gasteiger partial charge < -0.3 is 19.0 Å². The van der Waals surface area contributed by atoms with Gasteiger partial charge in [-0.1, -0.05) is 127 Å². The third kappa shape index (κ3) is 5.83. The topological polar surface area (TPSA) is 50.0 Å². The summed E-state index contributed by atoms with van der Waals surface area (Å²) in [6.45, 7) is -0.452. The predicted molar refractivity (Wildman–Crippen MR) is 213 cm³/mol. The molecule has 4 heterocycles. The van der Waals surface area contributed by atoms with Crippen LogP contribution in [-0.4, -0.2) is 21.0 Å². The summed E-state index contributed by atoms with van der Waals surface area (Å²) in [5.41, 5.74) is 3.57. The van der Waals surface area contributed by atoms with Gasteiger partial charge in [0.15, 0.2) is 6.98 Å². The Labute approximate surface area is 341 Å². The monoisotopic (exact) mass is 884 g/mol. The first-order chi connectivity index (χ1) is 30.4. The Balaban J connectivity index is 0.00000518. The van der Waals surface area contributed by atoms with Gasteiger partial charge in [-0.2, -0.15) is 12.1 Å². The molecule has 6 nitrogen and oxygen atoms in total. The van der Waals surface area contributed by atoms with Crippen LogP contribution >= 0.6 is 0 Å². The van der Waals surface area contributed by atoms with Gasteiger partial charge in [-0.3, -0.25) is 4.57 Å². The van der Waals surface area contributed by atoms with Gasteiger partial charge in [0, 0.05) is 55.2 Å². The summed E-state index contributed by atoms with van der Waals surface area (Å²) < 4.78 is 98.1. The Morgan fingerprint density at radius 2 is 1.41 bits per heavy atom. The molecule has 1 aliphatic heterocycles. The maximum atomic E-state index is 8.95. The molecule has 54 heavy (non-hydrogen) atoms. The van der Waals surface area contributed by atoms with Crippen LogP contribution in [0.4, 0.5) is 0 Å². The molecule has 260 valence electrons. The zero-order valence-electron chi connectivity index (χ0n) is 38.1. The molecule has 0 unspecified atom stereocenters. The molecule has 0 saturated carbocycles. The molecule has 0 saturated heterocycles. The first-order valence-electron chi connectivity index (χ1n) is 21.8. The van der Waals surface area contributed by atoms with Crippen molar-refractivity contribution in [2.75, 3.05) is 0 Å². The minimum atomic E-state index is -0.572. The van der Waals surface area contributed by atoms with E-state index in [1.807, 2.05) is 54.5 Å². The first-order valence-corrected chi connectivity index (χ1v) is 16.8. The van der Waals surface area contributed by atoms with E-state index >= 15 is 0 Å². The van der Waals surface area contributed by atoms with E-state index in [1.165, 1.54) is 0 Å². The number of hydrogen-bond donors (Lipinski definition) is 0. The van der Waals surface area contributed by atoms with Gasteiger partial charge in [-0.25, -0.2) is 4.98 Å². The SMILES string of the molecule is [2H]c1c([2H])c([2H])c(-c2cccc(-c3c([2H])c([2H])c([2H])c([2H])c3[2H])c2-[n+]2[c-]n(-c3[c-]c(OC4=CC=CB(n5c6ccccc6c6cccnc65)[N-]4)ccc3)c3ccccc32)c([2H])c1[2H].[Pt]. The van der Waals surface area contributed by atoms with Gasteiger partial charge in [-0.05, 0) is 52.2 Å². The van der Waals surface area contributed by atoms with Crippen molar-refractivity contribution in [3.63, 3.8) is 0 Å². The Hall–Kier alpha value is -6.43. The number of allylic oxidation sites excluding steroid dienone is 2. The maximum Gasteiger partial charge on any atom is 0.268 e. The molecule has 0 N–H and O–H groups in total. The van der Waals surface area contributed by atoms with Crippen LogP contribution in [-0.2, 0) is 21.1 Å². The second-order valence-electron chi connectivity index (χ2n) is 12.2. The largest absolute Gasteiger partial charge is 0.654 e. The van der Waals surface area contributed by atoms with Crippen LogP contribution < -0.4 is 9.30 Å². The number of rotatable bonds is 7. The van der Waals surface area contributed by atoms with Crippen molar-refractivity contribution in [3.05, 3.63) is 205 Å². The fraction of sp³-hybridized carbons (Fsp3) is 0. The Kier molecular flexibility index (Phi) is 6.30. The van der Waals surface area contributed by atoms with Crippen molar-refractivity contribution >= 4 is 40.0 Å². The second-order valence-corrected chi connectivity index (χ2v) is 12.2. The van der Waals surface area contributed by atoms with Crippen LogP contribution in [0.15, 0.2) is 188 Å². The molecule has 0 atom stereocenters. The molecule has 0 aliphatic carbocycles. The molecule has 6 aromatic carbocycles. The average Bonchev–Trinajstić information content (AvgIpc) is 3.86. The summed E-state index contributed by atoms with van der Waals surface area (Å²) in [7, 11) is 0. The molecule has 10 rings (SSSR count). The number of aromatic nitrogens is 4. The number of pyridine rings is 1. The predicted octanol–water partition coefficient (Wildman–Crippen LogP) is 10.1. The molecule has 3 aromatic heterocycles. The minimum absolute atomic E-state index is 0. The van der Waals surface area contributed by atoms with E-state index in [9.17, 15) is 0 Å². The van der Waals surface area contributed by atoms with Crippen LogP contribution in [0.5, 0.6) is 5.75 Å². The fourth-order valence-electron chi connectivity index (χ4n) is 6.85. The van der Waals surface area contributed by atoms with E-state index in [0.717, 1.165) is 21.9 Å². The Morgan fingerprint density at radius 3 is 2.19 bits per heavy atom. The van der Waals surface area contributed by atoms with Gasteiger partial charge in [0.25, 0.3) is 6.33 Å². The number of imidazole rings is 1. The van der Waals surface area contributed by atoms with Crippen LogP contribution in [0.1, 0.15) is 13.7 Å².